The summed E-state index contributed by atoms with van der Waals surface area (Å²) in [5.41, 5.74) is 1.64. The molecular formula is C19H25N3O3. The van der Waals surface area contributed by atoms with Gasteiger partial charge in [-0.15, -0.1) is 0 Å². The first-order valence-electron chi connectivity index (χ1n) is 8.90. The van der Waals surface area contributed by atoms with Crippen LogP contribution in [0.2, 0.25) is 0 Å². The Morgan fingerprint density at radius 2 is 2.20 bits per heavy atom. The van der Waals surface area contributed by atoms with Gasteiger partial charge in [-0.3, -0.25) is 9.59 Å². The zero-order valence-electron chi connectivity index (χ0n) is 15.1. The number of pyridine rings is 1. The van der Waals surface area contributed by atoms with Crippen molar-refractivity contribution in [2.24, 2.45) is 0 Å². The van der Waals surface area contributed by atoms with Crippen LogP contribution in [-0.4, -0.2) is 27.1 Å². The normalized spacial score (nSPS) is 17.4. The second-order valence-corrected chi connectivity index (χ2v) is 6.96. The molecule has 0 bridgehead atoms. The van der Waals surface area contributed by atoms with Gasteiger partial charge in [0.2, 0.25) is 5.91 Å². The first kappa shape index (κ1) is 17.5. The maximum absolute atomic E-state index is 12.7. The molecule has 3 rings (SSSR count). The highest BCUT2D eigenvalue weighted by Gasteiger charge is 2.32. The number of rotatable bonds is 5. The molecule has 1 aliphatic rings. The molecule has 25 heavy (non-hydrogen) atoms. The van der Waals surface area contributed by atoms with Crippen molar-refractivity contribution in [2.45, 2.75) is 58.5 Å². The van der Waals surface area contributed by atoms with Crippen LogP contribution in [0.4, 0.5) is 0 Å². The molecule has 0 saturated carbocycles. The van der Waals surface area contributed by atoms with Crippen LogP contribution in [0.1, 0.15) is 62.2 Å². The summed E-state index contributed by atoms with van der Waals surface area (Å²) < 4.78 is 7.04. The van der Waals surface area contributed by atoms with E-state index in [0.29, 0.717) is 13.0 Å². The minimum absolute atomic E-state index is 0.0163. The van der Waals surface area contributed by atoms with E-state index in [1.807, 2.05) is 24.0 Å². The van der Waals surface area contributed by atoms with Gasteiger partial charge in [-0.1, -0.05) is 25.1 Å². The minimum atomic E-state index is -0.0659. The van der Waals surface area contributed by atoms with E-state index in [1.165, 1.54) is 6.07 Å². The number of nitrogens with zero attached hydrogens (tertiary/aromatic N) is 3. The molecule has 1 amide bonds. The quantitative estimate of drug-likeness (QED) is 0.837. The summed E-state index contributed by atoms with van der Waals surface area (Å²) >= 11 is 0. The molecule has 1 saturated heterocycles. The van der Waals surface area contributed by atoms with Crippen LogP contribution in [0.3, 0.4) is 0 Å². The molecule has 0 N–H and O–H groups in total. The summed E-state index contributed by atoms with van der Waals surface area (Å²) in [4.78, 5) is 26.5. The summed E-state index contributed by atoms with van der Waals surface area (Å²) in [6.45, 7) is 7.14. The molecule has 1 aliphatic heterocycles. The topological polar surface area (TPSA) is 68.3 Å². The van der Waals surface area contributed by atoms with Crippen LogP contribution in [0.5, 0.6) is 0 Å². The van der Waals surface area contributed by atoms with Crippen LogP contribution in [0.25, 0.3) is 0 Å². The molecular weight excluding hydrogens is 318 g/mol. The fourth-order valence-corrected chi connectivity index (χ4v) is 3.37. The predicted octanol–water partition coefficient (Wildman–Crippen LogP) is 3.02. The number of aromatic nitrogens is 2. The van der Waals surface area contributed by atoms with Gasteiger partial charge in [0, 0.05) is 43.3 Å². The molecule has 0 radical (unpaired) electrons. The Balaban J connectivity index is 1.69. The van der Waals surface area contributed by atoms with Crippen molar-refractivity contribution in [3.63, 3.8) is 0 Å². The standard InChI is InChI=1S/C19H25N3O3/c1-13(2)17-12-15(20-25-17)16-7-5-10-22(16)19(24)9-11-21-14(3)6-4-8-18(21)23/h4,6,8,12-13,16H,5,7,9-11H2,1-3H3/t16-/m0/s1. The lowest BCUT2D eigenvalue weighted by Crippen LogP contribution is -2.32. The number of hydrogen-bond acceptors (Lipinski definition) is 4. The monoisotopic (exact) mass is 343 g/mol. The van der Waals surface area contributed by atoms with Crippen molar-refractivity contribution in [3.8, 4) is 0 Å². The molecule has 2 aromatic rings. The van der Waals surface area contributed by atoms with E-state index in [1.54, 1.807) is 10.6 Å². The summed E-state index contributed by atoms with van der Waals surface area (Å²) in [6, 6.07) is 7.10. The van der Waals surface area contributed by atoms with Gasteiger partial charge in [-0.2, -0.15) is 0 Å². The summed E-state index contributed by atoms with van der Waals surface area (Å²) in [6.07, 6.45) is 2.18. The predicted molar refractivity (Wildman–Crippen MR) is 94.3 cm³/mol. The Kier molecular flexibility index (Phi) is 5.06. The minimum Gasteiger partial charge on any atom is -0.361 e. The van der Waals surface area contributed by atoms with Crippen molar-refractivity contribution < 1.29 is 9.32 Å². The molecule has 1 atom stereocenters. The zero-order valence-corrected chi connectivity index (χ0v) is 15.1. The molecule has 0 aliphatic carbocycles. The molecule has 6 heteroatoms. The van der Waals surface area contributed by atoms with Gasteiger partial charge >= 0.3 is 0 Å². The maximum Gasteiger partial charge on any atom is 0.250 e. The number of carbonyl (C=O) groups is 1. The number of amides is 1. The molecule has 0 aromatic carbocycles. The van der Waals surface area contributed by atoms with E-state index in [-0.39, 0.29) is 23.4 Å². The lowest BCUT2D eigenvalue weighted by Gasteiger charge is -2.23. The third kappa shape index (κ3) is 3.67. The highest BCUT2D eigenvalue weighted by molar-refractivity contribution is 5.77. The first-order valence-corrected chi connectivity index (χ1v) is 8.90. The number of carbonyl (C=O) groups excluding carboxylic acids is 1. The van der Waals surface area contributed by atoms with Crippen molar-refractivity contribution in [1.29, 1.82) is 0 Å². The van der Waals surface area contributed by atoms with E-state index in [4.69, 9.17) is 4.52 Å². The molecule has 1 fully saturated rings. The third-order valence-corrected chi connectivity index (χ3v) is 4.85. The lowest BCUT2D eigenvalue weighted by molar-refractivity contribution is -0.132. The van der Waals surface area contributed by atoms with Crippen molar-refractivity contribution >= 4 is 5.91 Å². The molecule has 6 nitrogen and oxygen atoms in total. The maximum atomic E-state index is 12.7. The third-order valence-electron chi connectivity index (χ3n) is 4.85. The van der Waals surface area contributed by atoms with E-state index >= 15 is 0 Å². The Labute approximate surface area is 147 Å². The molecule has 3 heterocycles. The van der Waals surface area contributed by atoms with Crippen molar-refractivity contribution in [1.82, 2.24) is 14.6 Å². The Bertz CT molecular complexity index is 806. The first-order chi connectivity index (χ1) is 12.0. The number of likely N-dealkylation sites (tertiary alicyclic amines) is 1. The van der Waals surface area contributed by atoms with Crippen LogP contribution < -0.4 is 5.56 Å². The lowest BCUT2D eigenvalue weighted by atomic mass is 10.1. The van der Waals surface area contributed by atoms with E-state index < -0.39 is 0 Å². The van der Waals surface area contributed by atoms with Crippen LogP contribution in [-0.2, 0) is 11.3 Å². The Morgan fingerprint density at radius 3 is 2.88 bits per heavy atom. The van der Waals surface area contributed by atoms with Crippen LogP contribution in [0.15, 0.2) is 33.6 Å². The Morgan fingerprint density at radius 1 is 1.40 bits per heavy atom. The average molecular weight is 343 g/mol. The summed E-state index contributed by atoms with van der Waals surface area (Å²) in [7, 11) is 0. The summed E-state index contributed by atoms with van der Waals surface area (Å²) in [5.74, 6) is 1.19. The highest BCUT2D eigenvalue weighted by Crippen LogP contribution is 2.33. The SMILES string of the molecule is Cc1cccc(=O)n1CCC(=O)N1CCC[C@H]1c1cc(C(C)C)on1. The van der Waals surface area contributed by atoms with Crippen LogP contribution >= 0.6 is 0 Å². The van der Waals surface area contributed by atoms with Crippen molar-refractivity contribution in [2.75, 3.05) is 6.54 Å². The van der Waals surface area contributed by atoms with E-state index in [9.17, 15) is 9.59 Å². The van der Waals surface area contributed by atoms with Gasteiger partial charge < -0.3 is 14.0 Å². The van der Waals surface area contributed by atoms with E-state index in [2.05, 4.69) is 19.0 Å². The summed E-state index contributed by atoms with van der Waals surface area (Å²) in [5, 5.41) is 4.17. The van der Waals surface area contributed by atoms with Gasteiger partial charge in [-0.05, 0) is 25.8 Å². The second kappa shape index (κ2) is 7.25. The molecule has 0 spiro atoms. The molecule has 2 aromatic heterocycles. The van der Waals surface area contributed by atoms with Crippen molar-refractivity contribution in [3.05, 3.63) is 51.8 Å². The number of aryl methyl sites for hydroxylation is 1. The largest absolute Gasteiger partial charge is 0.361 e. The molecule has 0 unspecified atom stereocenters. The Hall–Kier alpha value is -2.37. The van der Waals surface area contributed by atoms with Gasteiger partial charge in [0.15, 0.2) is 0 Å². The van der Waals surface area contributed by atoms with Gasteiger partial charge in [0.05, 0.1) is 6.04 Å². The van der Waals surface area contributed by atoms with Crippen LogP contribution in [0, 0.1) is 6.92 Å². The zero-order chi connectivity index (χ0) is 18.0. The molecule has 134 valence electrons. The fourth-order valence-electron chi connectivity index (χ4n) is 3.37. The fraction of sp³-hybridized carbons (Fsp3) is 0.526. The van der Waals surface area contributed by atoms with Gasteiger partial charge in [0.25, 0.3) is 5.56 Å². The van der Waals surface area contributed by atoms with Gasteiger partial charge in [0.1, 0.15) is 11.5 Å². The average Bonchev–Trinajstić information content (AvgIpc) is 3.23. The smallest absolute Gasteiger partial charge is 0.250 e. The van der Waals surface area contributed by atoms with E-state index in [0.717, 1.165) is 36.5 Å². The number of hydrogen-bond donors (Lipinski definition) is 0. The second-order valence-electron chi connectivity index (χ2n) is 6.96. The van der Waals surface area contributed by atoms with Gasteiger partial charge in [-0.25, -0.2) is 0 Å². The highest BCUT2D eigenvalue weighted by atomic mass is 16.5.